The fourth-order valence-electron chi connectivity index (χ4n) is 7.95. The molecule has 4 heteroatoms. The lowest BCUT2D eigenvalue weighted by Gasteiger charge is -2.22. The summed E-state index contributed by atoms with van der Waals surface area (Å²) in [7, 11) is 0. The molecule has 0 heterocycles. The second-order valence-electron chi connectivity index (χ2n) is 17.2. The van der Waals surface area contributed by atoms with Gasteiger partial charge >= 0.3 is 0 Å². The quantitative estimate of drug-likeness (QED) is 0.0427. The molecule has 0 spiro atoms. The van der Waals surface area contributed by atoms with Crippen molar-refractivity contribution in [2.24, 2.45) is 0 Å². The number of unbranched alkanes of at least 4 members (excludes halogenated alkanes) is 37. The highest BCUT2D eigenvalue weighted by Crippen LogP contribution is 2.17. The standard InChI is InChI=1S/C50H99NO3/c1-3-5-7-9-11-12-13-14-15-16-17-18-19-20-21-22-23-24-25-26-27-28-29-30-31-32-33-34-35-36-37-38-40-42-44-46-50(54)51-48(47-52)49(53)45-43-41-39-10-8-6-4-2/h16-17,48-49,52-53H,3-15,18-47H2,1-2H3,(H,51,54)/b17-16-. The Balaban J connectivity index is 3.30. The minimum absolute atomic E-state index is 0.0303. The number of amides is 1. The number of nitrogens with one attached hydrogen (secondary N) is 1. The van der Waals surface area contributed by atoms with Gasteiger partial charge in [0.15, 0.2) is 0 Å². The maximum atomic E-state index is 12.3. The highest BCUT2D eigenvalue weighted by atomic mass is 16.3. The monoisotopic (exact) mass is 762 g/mol. The Morgan fingerprint density at radius 3 is 1.02 bits per heavy atom. The number of rotatable bonds is 46. The molecule has 2 unspecified atom stereocenters. The predicted octanol–water partition coefficient (Wildman–Crippen LogP) is 15.8. The predicted molar refractivity (Wildman–Crippen MR) is 239 cm³/mol. The molecule has 0 rings (SSSR count). The molecule has 0 fully saturated rings. The van der Waals surface area contributed by atoms with E-state index in [1.165, 1.54) is 231 Å². The van der Waals surface area contributed by atoms with E-state index in [4.69, 9.17) is 0 Å². The first-order valence-electron chi connectivity index (χ1n) is 24.9. The minimum atomic E-state index is -0.652. The van der Waals surface area contributed by atoms with E-state index in [1.54, 1.807) is 0 Å². The van der Waals surface area contributed by atoms with Crippen molar-refractivity contribution in [3.63, 3.8) is 0 Å². The largest absolute Gasteiger partial charge is 0.394 e. The Bertz CT molecular complexity index is 739. The average molecular weight is 762 g/mol. The van der Waals surface area contributed by atoms with E-state index in [2.05, 4.69) is 31.3 Å². The van der Waals surface area contributed by atoms with Crippen LogP contribution in [0, 0.1) is 0 Å². The van der Waals surface area contributed by atoms with E-state index < -0.39 is 12.1 Å². The van der Waals surface area contributed by atoms with Gasteiger partial charge in [-0.25, -0.2) is 0 Å². The third-order valence-corrected chi connectivity index (χ3v) is 11.8. The van der Waals surface area contributed by atoms with Gasteiger partial charge in [0.05, 0.1) is 18.8 Å². The Labute approximate surface area is 339 Å². The highest BCUT2D eigenvalue weighted by Gasteiger charge is 2.20. The molecule has 0 aromatic carbocycles. The number of carbonyl (C=O) groups is 1. The van der Waals surface area contributed by atoms with Gasteiger partial charge in [-0.15, -0.1) is 0 Å². The van der Waals surface area contributed by atoms with E-state index in [0.29, 0.717) is 12.8 Å². The van der Waals surface area contributed by atoms with Crippen molar-refractivity contribution < 1.29 is 15.0 Å². The first-order valence-corrected chi connectivity index (χ1v) is 24.9. The number of allylic oxidation sites excluding steroid dienone is 2. The second kappa shape index (κ2) is 46.5. The van der Waals surface area contributed by atoms with Crippen LogP contribution in [0.15, 0.2) is 12.2 Å². The third kappa shape index (κ3) is 42.3. The first-order chi connectivity index (χ1) is 26.7. The van der Waals surface area contributed by atoms with Crippen molar-refractivity contribution in [1.29, 1.82) is 0 Å². The first kappa shape index (κ1) is 53.1. The van der Waals surface area contributed by atoms with Crippen LogP contribution in [0.25, 0.3) is 0 Å². The van der Waals surface area contributed by atoms with Crippen LogP contribution in [0.4, 0.5) is 0 Å². The van der Waals surface area contributed by atoms with Gasteiger partial charge in [-0.1, -0.05) is 251 Å². The summed E-state index contributed by atoms with van der Waals surface area (Å²) in [6.07, 6.45) is 59.3. The van der Waals surface area contributed by atoms with E-state index in [1.807, 2.05) is 0 Å². The summed E-state index contributed by atoms with van der Waals surface area (Å²) in [4.78, 5) is 12.3. The Morgan fingerprint density at radius 1 is 0.426 bits per heavy atom. The molecule has 2 atom stereocenters. The van der Waals surface area contributed by atoms with Crippen molar-refractivity contribution in [3.05, 3.63) is 12.2 Å². The van der Waals surface area contributed by atoms with Crippen LogP contribution in [-0.2, 0) is 4.79 Å². The normalized spacial score (nSPS) is 12.9. The van der Waals surface area contributed by atoms with Crippen LogP contribution in [-0.4, -0.2) is 34.9 Å². The van der Waals surface area contributed by atoms with Crippen LogP contribution in [0.2, 0.25) is 0 Å². The van der Waals surface area contributed by atoms with Gasteiger partial charge in [0.2, 0.25) is 5.91 Å². The number of hydrogen-bond donors (Lipinski definition) is 3. The Hall–Kier alpha value is -0.870. The molecule has 0 aromatic heterocycles. The zero-order valence-electron chi connectivity index (χ0n) is 37.0. The van der Waals surface area contributed by atoms with Gasteiger partial charge in [-0.3, -0.25) is 4.79 Å². The molecule has 0 aliphatic heterocycles. The lowest BCUT2D eigenvalue weighted by Crippen LogP contribution is -2.45. The van der Waals surface area contributed by atoms with Crippen molar-refractivity contribution >= 4 is 5.91 Å². The van der Waals surface area contributed by atoms with Crippen molar-refractivity contribution in [1.82, 2.24) is 5.32 Å². The minimum Gasteiger partial charge on any atom is -0.394 e. The summed E-state index contributed by atoms with van der Waals surface area (Å²) < 4.78 is 0. The Morgan fingerprint density at radius 2 is 0.704 bits per heavy atom. The summed E-state index contributed by atoms with van der Waals surface area (Å²) in [5.41, 5.74) is 0. The summed E-state index contributed by atoms with van der Waals surface area (Å²) in [6.45, 7) is 4.33. The van der Waals surface area contributed by atoms with Crippen LogP contribution >= 0.6 is 0 Å². The molecule has 1 amide bonds. The number of aliphatic hydroxyl groups excluding tert-OH is 2. The maximum absolute atomic E-state index is 12.3. The zero-order valence-corrected chi connectivity index (χ0v) is 37.0. The van der Waals surface area contributed by atoms with Gasteiger partial charge in [0.1, 0.15) is 0 Å². The fraction of sp³-hybridized carbons (Fsp3) is 0.940. The average Bonchev–Trinajstić information content (AvgIpc) is 3.18. The van der Waals surface area contributed by atoms with Gasteiger partial charge in [0, 0.05) is 6.42 Å². The molecule has 0 saturated carbocycles. The fourth-order valence-corrected chi connectivity index (χ4v) is 7.95. The van der Waals surface area contributed by atoms with E-state index in [9.17, 15) is 15.0 Å². The second-order valence-corrected chi connectivity index (χ2v) is 17.2. The number of hydrogen-bond acceptors (Lipinski definition) is 3. The molecular weight excluding hydrogens is 663 g/mol. The van der Waals surface area contributed by atoms with E-state index in [0.717, 1.165) is 25.7 Å². The van der Waals surface area contributed by atoms with Crippen LogP contribution in [0.3, 0.4) is 0 Å². The molecule has 54 heavy (non-hydrogen) atoms. The highest BCUT2D eigenvalue weighted by molar-refractivity contribution is 5.76. The number of aliphatic hydroxyl groups is 2. The van der Waals surface area contributed by atoms with Crippen molar-refractivity contribution in [2.75, 3.05) is 6.61 Å². The SMILES string of the molecule is CCCCCCCCCC/C=C\CCCCCCCCCCCCCCCCCCCCCCCCCC(=O)NC(CO)C(O)CCCCCCCCC. The third-order valence-electron chi connectivity index (χ3n) is 11.8. The van der Waals surface area contributed by atoms with Gasteiger partial charge in [0.25, 0.3) is 0 Å². The van der Waals surface area contributed by atoms with Crippen LogP contribution in [0.1, 0.15) is 284 Å². The molecule has 0 aliphatic rings. The number of carbonyl (C=O) groups excluding carboxylic acids is 1. The topological polar surface area (TPSA) is 69.6 Å². The molecule has 4 nitrogen and oxygen atoms in total. The molecule has 0 radical (unpaired) electrons. The molecule has 0 saturated heterocycles. The zero-order chi connectivity index (χ0) is 39.3. The van der Waals surface area contributed by atoms with Gasteiger partial charge in [-0.05, 0) is 38.5 Å². The van der Waals surface area contributed by atoms with Gasteiger partial charge < -0.3 is 15.5 Å². The van der Waals surface area contributed by atoms with Crippen molar-refractivity contribution in [3.8, 4) is 0 Å². The van der Waals surface area contributed by atoms with Crippen LogP contribution in [0.5, 0.6) is 0 Å². The summed E-state index contributed by atoms with van der Waals surface area (Å²) in [6, 6.07) is -0.528. The molecule has 322 valence electrons. The van der Waals surface area contributed by atoms with Crippen LogP contribution < -0.4 is 5.32 Å². The summed E-state index contributed by atoms with van der Waals surface area (Å²) in [5.74, 6) is -0.0303. The summed E-state index contributed by atoms with van der Waals surface area (Å²) in [5, 5.41) is 23.0. The molecule has 0 aliphatic carbocycles. The molecule has 0 aromatic rings. The van der Waals surface area contributed by atoms with E-state index in [-0.39, 0.29) is 12.5 Å². The molecule has 3 N–H and O–H groups in total. The Kier molecular flexibility index (Phi) is 45.8. The summed E-state index contributed by atoms with van der Waals surface area (Å²) >= 11 is 0. The molecule has 0 bridgehead atoms. The smallest absolute Gasteiger partial charge is 0.220 e. The van der Waals surface area contributed by atoms with E-state index >= 15 is 0 Å². The van der Waals surface area contributed by atoms with Gasteiger partial charge in [-0.2, -0.15) is 0 Å². The lowest BCUT2D eigenvalue weighted by molar-refractivity contribution is -0.123. The lowest BCUT2D eigenvalue weighted by atomic mass is 10.0. The van der Waals surface area contributed by atoms with Crippen molar-refractivity contribution in [2.45, 2.75) is 296 Å². The molecular formula is C50H99NO3. The maximum Gasteiger partial charge on any atom is 0.220 e.